The summed E-state index contributed by atoms with van der Waals surface area (Å²) < 4.78 is 10.0. The molecule has 1 aromatic rings. The number of rotatable bonds is 5. The molecule has 0 aliphatic heterocycles. The van der Waals surface area contributed by atoms with Crippen LogP contribution in [0.25, 0.3) is 0 Å². The van der Waals surface area contributed by atoms with E-state index < -0.39 is 5.24 Å². The van der Waals surface area contributed by atoms with Gasteiger partial charge < -0.3 is 9.47 Å². The van der Waals surface area contributed by atoms with Crippen LogP contribution in [-0.4, -0.2) is 19.0 Å². The number of halogens is 1. The van der Waals surface area contributed by atoms with Crippen molar-refractivity contribution in [2.45, 2.75) is 6.61 Å². The Balaban J connectivity index is 2.40. The number of ether oxygens (including phenoxy) is 2. The van der Waals surface area contributed by atoms with Crippen LogP contribution < -0.4 is 4.74 Å². The van der Waals surface area contributed by atoms with E-state index in [-0.39, 0.29) is 6.61 Å². The first-order valence-electron chi connectivity index (χ1n) is 4.11. The lowest BCUT2D eigenvalue weighted by atomic mass is 10.2. The van der Waals surface area contributed by atoms with Crippen molar-refractivity contribution in [3.05, 3.63) is 29.8 Å². The first-order valence-corrected chi connectivity index (χ1v) is 4.49. The molecule has 0 heterocycles. The van der Waals surface area contributed by atoms with Gasteiger partial charge in [-0.1, -0.05) is 12.1 Å². The number of carbonyl (C=O) groups is 1. The van der Waals surface area contributed by atoms with Crippen LogP contribution in [0.4, 0.5) is 0 Å². The minimum absolute atomic E-state index is 0.0619. The van der Waals surface area contributed by atoms with Gasteiger partial charge in [0.15, 0.2) is 0 Å². The Morgan fingerprint density at radius 1 is 1.36 bits per heavy atom. The molecule has 0 spiro atoms. The van der Waals surface area contributed by atoms with Gasteiger partial charge in [0.1, 0.15) is 12.4 Å². The molecule has 0 unspecified atom stereocenters. The molecular weight excluding hydrogens is 204 g/mol. The van der Waals surface area contributed by atoms with Gasteiger partial charge in [0.2, 0.25) is 5.24 Å². The number of hydrogen-bond donors (Lipinski definition) is 0. The van der Waals surface area contributed by atoms with E-state index in [1.165, 1.54) is 0 Å². The Hall–Kier alpha value is -1.06. The molecule has 1 rings (SSSR count). The Bertz CT molecular complexity index is 295. The fourth-order valence-electron chi connectivity index (χ4n) is 0.971. The zero-order valence-corrected chi connectivity index (χ0v) is 8.58. The Morgan fingerprint density at radius 3 is 2.50 bits per heavy atom. The van der Waals surface area contributed by atoms with Crippen LogP contribution >= 0.6 is 11.6 Å². The van der Waals surface area contributed by atoms with Crippen LogP contribution in [0.1, 0.15) is 5.56 Å². The van der Waals surface area contributed by atoms with Crippen LogP contribution in [0.5, 0.6) is 5.75 Å². The van der Waals surface area contributed by atoms with E-state index in [2.05, 4.69) is 0 Å². The highest BCUT2D eigenvalue weighted by Crippen LogP contribution is 2.11. The van der Waals surface area contributed by atoms with Crippen molar-refractivity contribution in [1.82, 2.24) is 0 Å². The largest absolute Gasteiger partial charge is 0.497 e. The summed E-state index contributed by atoms with van der Waals surface area (Å²) >= 11 is 5.11. The van der Waals surface area contributed by atoms with Crippen LogP contribution in [0.3, 0.4) is 0 Å². The third-order valence-electron chi connectivity index (χ3n) is 1.64. The lowest BCUT2D eigenvalue weighted by molar-refractivity contribution is -0.116. The maximum Gasteiger partial charge on any atom is 0.247 e. The standard InChI is InChI=1S/C10H11ClO3/c1-13-9-4-2-8(3-5-9)6-14-7-10(11)12/h2-5H,6-7H2,1H3. The normalized spacial score (nSPS) is 9.86. The summed E-state index contributed by atoms with van der Waals surface area (Å²) in [4.78, 5) is 10.4. The molecule has 0 N–H and O–H groups in total. The topological polar surface area (TPSA) is 35.5 Å². The molecule has 4 heteroatoms. The molecule has 0 saturated heterocycles. The van der Waals surface area contributed by atoms with Crippen molar-refractivity contribution >= 4 is 16.8 Å². The minimum Gasteiger partial charge on any atom is -0.497 e. The van der Waals surface area contributed by atoms with Crippen LogP contribution in [0, 0.1) is 0 Å². The highest BCUT2D eigenvalue weighted by Gasteiger charge is 1.97. The van der Waals surface area contributed by atoms with E-state index in [0.717, 1.165) is 11.3 Å². The fourth-order valence-corrected chi connectivity index (χ4v) is 1.05. The molecule has 0 atom stereocenters. The van der Waals surface area contributed by atoms with Crippen LogP contribution in [0.15, 0.2) is 24.3 Å². The van der Waals surface area contributed by atoms with Gasteiger partial charge >= 0.3 is 0 Å². The monoisotopic (exact) mass is 214 g/mol. The van der Waals surface area contributed by atoms with Gasteiger partial charge in [-0.3, -0.25) is 4.79 Å². The molecule has 0 fully saturated rings. The summed E-state index contributed by atoms with van der Waals surface area (Å²) in [6.07, 6.45) is 0. The highest BCUT2D eigenvalue weighted by molar-refractivity contribution is 6.63. The Morgan fingerprint density at radius 2 is 2.00 bits per heavy atom. The zero-order chi connectivity index (χ0) is 10.4. The summed E-state index contributed by atoms with van der Waals surface area (Å²) in [6, 6.07) is 7.41. The van der Waals surface area contributed by atoms with Crippen molar-refractivity contribution in [2.24, 2.45) is 0 Å². The minimum atomic E-state index is -0.487. The molecule has 0 amide bonds. The zero-order valence-electron chi connectivity index (χ0n) is 7.83. The van der Waals surface area contributed by atoms with Crippen molar-refractivity contribution in [1.29, 1.82) is 0 Å². The average molecular weight is 215 g/mol. The van der Waals surface area contributed by atoms with Gasteiger partial charge in [0, 0.05) is 0 Å². The molecule has 0 saturated carbocycles. The molecule has 76 valence electrons. The van der Waals surface area contributed by atoms with E-state index in [0.29, 0.717) is 6.61 Å². The predicted octanol–water partition coefficient (Wildman–Crippen LogP) is 1.98. The summed E-state index contributed by atoms with van der Waals surface area (Å²) in [5.41, 5.74) is 0.976. The van der Waals surface area contributed by atoms with Crippen LogP contribution in [0.2, 0.25) is 0 Å². The second kappa shape index (κ2) is 5.62. The van der Waals surface area contributed by atoms with E-state index >= 15 is 0 Å². The van der Waals surface area contributed by atoms with Gasteiger partial charge in [-0.05, 0) is 29.3 Å². The molecule has 1 aromatic carbocycles. The fraction of sp³-hybridized carbons (Fsp3) is 0.300. The molecular formula is C10H11ClO3. The number of benzene rings is 1. The molecule has 14 heavy (non-hydrogen) atoms. The molecule has 0 aliphatic carbocycles. The first-order chi connectivity index (χ1) is 6.72. The van der Waals surface area contributed by atoms with Crippen LogP contribution in [-0.2, 0) is 16.1 Å². The quantitative estimate of drug-likeness (QED) is 0.704. The Labute approximate surface area is 87.6 Å². The summed E-state index contributed by atoms with van der Waals surface area (Å²) in [5.74, 6) is 0.794. The smallest absolute Gasteiger partial charge is 0.247 e. The Kier molecular flexibility index (Phi) is 4.43. The second-order valence-electron chi connectivity index (χ2n) is 2.70. The lowest BCUT2D eigenvalue weighted by Crippen LogP contribution is -2.01. The average Bonchev–Trinajstić information content (AvgIpc) is 2.18. The van der Waals surface area contributed by atoms with Crippen molar-refractivity contribution < 1.29 is 14.3 Å². The van der Waals surface area contributed by atoms with Gasteiger partial charge in [-0.25, -0.2) is 0 Å². The van der Waals surface area contributed by atoms with E-state index in [4.69, 9.17) is 21.1 Å². The van der Waals surface area contributed by atoms with Crippen molar-refractivity contribution in [3.8, 4) is 5.75 Å². The number of methoxy groups -OCH3 is 1. The second-order valence-corrected chi connectivity index (χ2v) is 3.12. The van der Waals surface area contributed by atoms with Crippen molar-refractivity contribution in [2.75, 3.05) is 13.7 Å². The maximum absolute atomic E-state index is 10.4. The third-order valence-corrected chi connectivity index (χ3v) is 1.75. The van der Waals surface area contributed by atoms with Gasteiger partial charge in [0.25, 0.3) is 0 Å². The van der Waals surface area contributed by atoms with E-state index in [9.17, 15) is 4.79 Å². The lowest BCUT2D eigenvalue weighted by Gasteiger charge is -2.03. The SMILES string of the molecule is COc1ccc(COCC(=O)Cl)cc1. The first kappa shape index (κ1) is 11.0. The molecule has 0 bridgehead atoms. The van der Waals surface area contributed by atoms with Gasteiger partial charge in [0.05, 0.1) is 13.7 Å². The number of hydrogen-bond acceptors (Lipinski definition) is 3. The van der Waals surface area contributed by atoms with Gasteiger partial charge in [-0.2, -0.15) is 0 Å². The molecule has 0 radical (unpaired) electrons. The summed E-state index contributed by atoms with van der Waals surface area (Å²) in [6.45, 7) is 0.316. The van der Waals surface area contributed by atoms with Gasteiger partial charge in [-0.15, -0.1) is 0 Å². The molecule has 3 nitrogen and oxygen atoms in total. The van der Waals surface area contributed by atoms with E-state index in [1.54, 1.807) is 7.11 Å². The van der Waals surface area contributed by atoms with E-state index in [1.807, 2.05) is 24.3 Å². The highest BCUT2D eigenvalue weighted by atomic mass is 35.5. The maximum atomic E-state index is 10.4. The third kappa shape index (κ3) is 3.77. The summed E-state index contributed by atoms with van der Waals surface area (Å²) in [7, 11) is 1.61. The predicted molar refractivity (Wildman–Crippen MR) is 53.5 cm³/mol. The molecule has 0 aliphatic rings. The van der Waals surface area contributed by atoms with Crippen molar-refractivity contribution in [3.63, 3.8) is 0 Å². The molecule has 0 aromatic heterocycles. The number of carbonyl (C=O) groups excluding carboxylic acids is 1. The summed E-state index contributed by atoms with van der Waals surface area (Å²) in [5, 5.41) is -0.487.